The van der Waals surface area contributed by atoms with Crippen LogP contribution in [0.15, 0.2) is 51.3 Å². The van der Waals surface area contributed by atoms with Gasteiger partial charge in [-0.3, -0.25) is 14.7 Å². The van der Waals surface area contributed by atoms with E-state index in [-0.39, 0.29) is 25.3 Å². The van der Waals surface area contributed by atoms with E-state index in [0.717, 1.165) is 0 Å². The van der Waals surface area contributed by atoms with E-state index in [1.54, 1.807) is 34.9 Å². The van der Waals surface area contributed by atoms with Crippen molar-refractivity contribution in [3.05, 3.63) is 63.5 Å². The Morgan fingerprint density at radius 2 is 2.20 bits per heavy atom. The zero-order valence-corrected chi connectivity index (χ0v) is 20.8. The third-order valence-corrected chi connectivity index (χ3v) is 6.48. The largest absolute Gasteiger partial charge is 0.480 e. The molecule has 186 valence electrons. The number of morpholine rings is 1. The van der Waals surface area contributed by atoms with Crippen LogP contribution in [0.2, 0.25) is 0 Å². The van der Waals surface area contributed by atoms with Crippen LogP contribution in [0.3, 0.4) is 0 Å². The van der Waals surface area contributed by atoms with E-state index >= 15 is 0 Å². The maximum atomic E-state index is 13.9. The average molecular weight is 550 g/mol. The number of hydrogen-bond acceptors (Lipinski definition) is 8. The first-order valence-electron chi connectivity index (χ1n) is 11.0. The van der Waals surface area contributed by atoms with Crippen molar-refractivity contribution in [3.8, 4) is 0 Å². The molecule has 12 heteroatoms. The van der Waals surface area contributed by atoms with Crippen LogP contribution in [0.5, 0.6) is 0 Å². The quantitative estimate of drug-likeness (QED) is 0.503. The fraction of sp³-hybridized carbons (Fsp3) is 0.391. The second-order valence-electron chi connectivity index (χ2n) is 8.04. The molecule has 3 heterocycles. The molecule has 2 N–H and O–H groups in total. The van der Waals surface area contributed by atoms with Crippen molar-refractivity contribution in [3.63, 3.8) is 0 Å². The lowest BCUT2D eigenvalue weighted by molar-refractivity contribution is -0.149. The Hall–Kier alpha value is -3.09. The van der Waals surface area contributed by atoms with E-state index in [0.29, 0.717) is 40.5 Å². The predicted molar refractivity (Wildman–Crippen MR) is 127 cm³/mol. The van der Waals surface area contributed by atoms with Crippen molar-refractivity contribution in [1.29, 1.82) is 0 Å². The molecule has 0 bridgehead atoms. The fourth-order valence-corrected chi connectivity index (χ4v) is 4.65. The number of carboxylic acid groups (broad SMARTS) is 1. The Bertz CT molecular complexity index is 1200. The van der Waals surface area contributed by atoms with Crippen LogP contribution < -0.4 is 5.32 Å². The van der Waals surface area contributed by atoms with E-state index in [1.807, 2.05) is 7.05 Å². The highest BCUT2D eigenvalue weighted by Gasteiger charge is 2.37. The highest BCUT2D eigenvalue weighted by molar-refractivity contribution is 9.10. The van der Waals surface area contributed by atoms with Gasteiger partial charge in [0.15, 0.2) is 11.7 Å². The van der Waals surface area contributed by atoms with Crippen molar-refractivity contribution in [2.45, 2.75) is 19.0 Å². The molecule has 1 aromatic carbocycles. The van der Waals surface area contributed by atoms with Gasteiger partial charge in [-0.05, 0) is 24.6 Å². The maximum Gasteiger partial charge on any atom is 0.338 e. The summed E-state index contributed by atoms with van der Waals surface area (Å²) in [4.78, 5) is 36.0. The number of esters is 1. The van der Waals surface area contributed by atoms with Crippen LogP contribution in [0.4, 0.5) is 4.39 Å². The summed E-state index contributed by atoms with van der Waals surface area (Å²) in [6, 6.07) is 2.42. The Balaban J connectivity index is 1.85. The van der Waals surface area contributed by atoms with Gasteiger partial charge in [0.05, 0.1) is 25.4 Å². The van der Waals surface area contributed by atoms with Gasteiger partial charge in [-0.25, -0.2) is 14.2 Å². The fourth-order valence-electron chi connectivity index (χ4n) is 4.08. The minimum Gasteiger partial charge on any atom is -0.480 e. The summed E-state index contributed by atoms with van der Waals surface area (Å²) in [5.74, 6) is -1.15. The van der Waals surface area contributed by atoms with Gasteiger partial charge in [-0.15, -0.1) is 0 Å². The van der Waals surface area contributed by atoms with Gasteiger partial charge >= 0.3 is 11.9 Å². The predicted octanol–water partition coefficient (Wildman–Crippen LogP) is 2.02. The molecule has 0 radical (unpaired) electrons. The SMILES string of the molecule is CCOC(=O)C1=C(CN2CCOCC2C(=O)O)NC(c2nccn2C)=NC1c1ccc(F)cc1Br. The second-order valence-corrected chi connectivity index (χ2v) is 8.90. The van der Waals surface area contributed by atoms with E-state index in [9.17, 15) is 19.1 Å². The van der Waals surface area contributed by atoms with E-state index in [2.05, 4.69) is 26.2 Å². The molecule has 2 unspecified atom stereocenters. The molecule has 1 saturated heterocycles. The number of benzene rings is 1. The molecule has 2 aliphatic rings. The van der Waals surface area contributed by atoms with Crippen LogP contribution in [-0.4, -0.2) is 76.3 Å². The molecule has 1 aromatic heterocycles. The number of rotatable bonds is 7. The summed E-state index contributed by atoms with van der Waals surface area (Å²) in [7, 11) is 1.81. The first-order valence-corrected chi connectivity index (χ1v) is 11.8. The van der Waals surface area contributed by atoms with Crippen molar-refractivity contribution in [1.82, 2.24) is 19.8 Å². The molecular weight excluding hydrogens is 525 g/mol. The lowest BCUT2D eigenvalue weighted by atomic mass is 9.95. The summed E-state index contributed by atoms with van der Waals surface area (Å²) in [6.45, 7) is 2.69. The van der Waals surface area contributed by atoms with Crippen LogP contribution in [0, 0.1) is 5.82 Å². The molecule has 0 saturated carbocycles. The molecule has 0 amide bonds. The number of aliphatic carboxylic acids is 1. The van der Waals surface area contributed by atoms with Crippen LogP contribution in [0.25, 0.3) is 0 Å². The highest BCUT2D eigenvalue weighted by Crippen LogP contribution is 2.37. The second kappa shape index (κ2) is 10.7. The molecule has 4 rings (SSSR count). The number of carbonyl (C=O) groups excluding carboxylic acids is 1. The number of carboxylic acids is 1. The third-order valence-electron chi connectivity index (χ3n) is 5.80. The lowest BCUT2D eigenvalue weighted by Crippen LogP contribution is -2.52. The highest BCUT2D eigenvalue weighted by atomic mass is 79.9. The normalized spacial score (nSPS) is 20.9. The van der Waals surface area contributed by atoms with E-state index in [1.165, 1.54) is 12.1 Å². The molecule has 2 aromatic rings. The number of nitrogens with zero attached hydrogens (tertiary/aromatic N) is 4. The van der Waals surface area contributed by atoms with Crippen molar-refractivity contribution in [2.75, 3.05) is 32.9 Å². The Kier molecular flexibility index (Phi) is 7.63. The van der Waals surface area contributed by atoms with Crippen LogP contribution in [0.1, 0.15) is 24.4 Å². The smallest absolute Gasteiger partial charge is 0.338 e. The topological polar surface area (TPSA) is 118 Å². The number of ether oxygens (including phenoxy) is 2. The van der Waals surface area contributed by atoms with Crippen molar-refractivity contribution >= 4 is 33.7 Å². The number of imidazole rings is 1. The minimum absolute atomic E-state index is 0.0323. The molecule has 0 spiro atoms. The molecule has 35 heavy (non-hydrogen) atoms. The van der Waals surface area contributed by atoms with Gasteiger partial charge in [-0.1, -0.05) is 22.0 Å². The summed E-state index contributed by atoms with van der Waals surface area (Å²) in [6.07, 6.45) is 3.38. The van der Waals surface area contributed by atoms with Gasteiger partial charge in [0.1, 0.15) is 17.9 Å². The van der Waals surface area contributed by atoms with Crippen LogP contribution >= 0.6 is 15.9 Å². The Labute approximate surface area is 209 Å². The number of aliphatic imine (C=N–C) groups is 1. The van der Waals surface area contributed by atoms with Gasteiger partial charge in [0, 0.05) is 42.7 Å². The number of halogens is 2. The summed E-state index contributed by atoms with van der Waals surface area (Å²) in [5, 5.41) is 12.9. The molecule has 0 aliphatic carbocycles. The van der Waals surface area contributed by atoms with Gasteiger partial charge in [-0.2, -0.15) is 0 Å². The van der Waals surface area contributed by atoms with Crippen molar-refractivity contribution in [2.24, 2.45) is 12.0 Å². The Morgan fingerprint density at radius 1 is 1.40 bits per heavy atom. The number of aromatic nitrogens is 2. The first kappa shape index (κ1) is 25.0. The van der Waals surface area contributed by atoms with Crippen LogP contribution in [-0.2, 0) is 26.1 Å². The number of amidine groups is 1. The standard InChI is InChI=1S/C23H25BrFN5O5/c1-3-35-23(33)18-16(11-30-8-9-34-12-17(30)22(31)32)27-20(21-26-6-7-29(21)2)28-19(18)14-5-4-13(25)10-15(14)24/h4-7,10,17,19H,3,8-9,11-12H2,1-2H3,(H,27,28)(H,31,32). The number of hydrogen-bond donors (Lipinski definition) is 2. The molecule has 2 aliphatic heterocycles. The molecular formula is C23H25BrFN5O5. The zero-order chi connectivity index (χ0) is 25.1. The maximum absolute atomic E-state index is 13.9. The van der Waals surface area contributed by atoms with E-state index in [4.69, 9.17) is 14.5 Å². The van der Waals surface area contributed by atoms with Crippen molar-refractivity contribution < 1.29 is 28.6 Å². The Morgan fingerprint density at radius 3 is 2.86 bits per heavy atom. The minimum atomic E-state index is -1.02. The summed E-state index contributed by atoms with van der Waals surface area (Å²) >= 11 is 3.40. The average Bonchev–Trinajstić information content (AvgIpc) is 3.25. The monoisotopic (exact) mass is 549 g/mol. The first-order chi connectivity index (χ1) is 16.8. The number of carbonyl (C=O) groups is 2. The summed E-state index contributed by atoms with van der Waals surface area (Å²) in [5.41, 5.74) is 1.20. The van der Waals surface area contributed by atoms with E-state index < -0.39 is 29.8 Å². The van der Waals surface area contributed by atoms with Gasteiger partial charge in [0.2, 0.25) is 0 Å². The van der Waals surface area contributed by atoms with Gasteiger partial charge < -0.3 is 24.5 Å². The molecule has 10 nitrogen and oxygen atoms in total. The molecule has 2 atom stereocenters. The lowest BCUT2D eigenvalue weighted by Gasteiger charge is -2.35. The summed E-state index contributed by atoms with van der Waals surface area (Å²) < 4.78 is 26.8. The van der Waals surface area contributed by atoms with Gasteiger partial charge in [0.25, 0.3) is 0 Å². The number of aryl methyl sites for hydroxylation is 1. The molecule has 1 fully saturated rings. The number of nitrogens with one attached hydrogen (secondary N) is 1. The third kappa shape index (κ3) is 5.29. The zero-order valence-electron chi connectivity index (χ0n) is 19.2.